The molecule has 2 nitrogen and oxygen atoms in total. The Balaban J connectivity index is 0.00000243. The normalized spacial score (nSPS) is 10.2. The van der Waals surface area contributed by atoms with E-state index in [4.69, 9.17) is 16.3 Å². The first-order valence-corrected chi connectivity index (χ1v) is 9.28. The van der Waals surface area contributed by atoms with E-state index in [9.17, 15) is 0 Å². The van der Waals surface area contributed by atoms with Crippen LogP contribution in [0.2, 0.25) is 5.02 Å². The van der Waals surface area contributed by atoms with Crippen molar-refractivity contribution in [3.63, 3.8) is 0 Å². The molecule has 0 aliphatic carbocycles. The van der Waals surface area contributed by atoms with Crippen LogP contribution in [0, 0.1) is 0 Å². The molecule has 0 fully saturated rings. The Morgan fingerprint density at radius 3 is 2.31 bits per heavy atom. The second kappa shape index (κ2) is 10.6. The molecule has 0 saturated carbocycles. The van der Waals surface area contributed by atoms with Gasteiger partial charge in [-0.25, -0.2) is 0 Å². The number of hydrogen-bond acceptors (Lipinski definition) is 2. The highest BCUT2D eigenvalue weighted by Crippen LogP contribution is 2.24. The van der Waals surface area contributed by atoms with Gasteiger partial charge in [0.2, 0.25) is 0 Å². The molecular formula is C21H20BrCl2NO. The molecule has 0 aromatic heterocycles. The first-order valence-electron chi connectivity index (χ1n) is 8.11. The molecule has 0 saturated heterocycles. The van der Waals surface area contributed by atoms with Gasteiger partial charge >= 0.3 is 0 Å². The van der Waals surface area contributed by atoms with E-state index in [0.29, 0.717) is 6.61 Å². The molecule has 0 bridgehead atoms. The van der Waals surface area contributed by atoms with Gasteiger partial charge in [-0.05, 0) is 41.5 Å². The highest BCUT2D eigenvalue weighted by atomic mass is 79.9. The van der Waals surface area contributed by atoms with Gasteiger partial charge in [-0.15, -0.1) is 12.4 Å². The predicted octanol–water partition coefficient (Wildman–Crippen LogP) is 6.39. The van der Waals surface area contributed by atoms with Crippen LogP contribution in [0.25, 0.3) is 0 Å². The maximum Gasteiger partial charge on any atom is 0.124 e. The van der Waals surface area contributed by atoms with E-state index in [1.54, 1.807) is 0 Å². The smallest absolute Gasteiger partial charge is 0.124 e. The van der Waals surface area contributed by atoms with Gasteiger partial charge in [0.1, 0.15) is 12.4 Å². The second-order valence-corrected chi connectivity index (χ2v) is 7.11. The lowest BCUT2D eigenvalue weighted by Gasteiger charge is -2.13. The molecule has 3 rings (SSSR count). The highest BCUT2D eigenvalue weighted by molar-refractivity contribution is 9.10. The first kappa shape index (κ1) is 20.8. The molecule has 3 aromatic rings. The van der Waals surface area contributed by atoms with Crippen LogP contribution in [0.3, 0.4) is 0 Å². The fourth-order valence-electron chi connectivity index (χ4n) is 2.51. The minimum absolute atomic E-state index is 0. The zero-order valence-corrected chi connectivity index (χ0v) is 17.3. The number of nitrogens with one attached hydrogen (secondary N) is 1. The van der Waals surface area contributed by atoms with Crippen molar-refractivity contribution in [3.8, 4) is 5.75 Å². The Labute approximate surface area is 174 Å². The molecule has 5 heteroatoms. The zero-order valence-electron chi connectivity index (χ0n) is 14.1. The first-order chi connectivity index (χ1) is 12.2. The van der Waals surface area contributed by atoms with Crippen LogP contribution in [0.1, 0.15) is 16.7 Å². The van der Waals surface area contributed by atoms with Crippen LogP contribution in [-0.2, 0) is 19.7 Å². The minimum Gasteiger partial charge on any atom is -0.489 e. The maximum absolute atomic E-state index is 6.02. The van der Waals surface area contributed by atoms with E-state index < -0.39 is 0 Å². The van der Waals surface area contributed by atoms with Gasteiger partial charge < -0.3 is 10.1 Å². The third-order valence-corrected chi connectivity index (χ3v) is 4.56. The molecular weight excluding hydrogens is 433 g/mol. The number of rotatable bonds is 7. The summed E-state index contributed by atoms with van der Waals surface area (Å²) in [4.78, 5) is 0. The summed E-state index contributed by atoms with van der Waals surface area (Å²) >= 11 is 9.46. The summed E-state index contributed by atoms with van der Waals surface area (Å²) in [5.74, 6) is 0.888. The molecule has 0 unspecified atom stereocenters. The molecule has 3 aromatic carbocycles. The largest absolute Gasteiger partial charge is 0.489 e. The Hall–Kier alpha value is -1.52. The molecule has 0 aliphatic rings. The number of benzene rings is 3. The molecule has 0 atom stereocenters. The number of ether oxygens (including phenoxy) is 1. The maximum atomic E-state index is 6.02. The van der Waals surface area contributed by atoms with Gasteiger partial charge in [0, 0.05) is 28.1 Å². The van der Waals surface area contributed by atoms with Crippen molar-refractivity contribution in [2.45, 2.75) is 19.7 Å². The summed E-state index contributed by atoms with van der Waals surface area (Å²) in [6.45, 7) is 2.08. The molecule has 0 spiro atoms. The van der Waals surface area contributed by atoms with Gasteiger partial charge in [0.25, 0.3) is 0 Å². The van der Waals surface area contributed by atoms with E-state index in [2.05, 4.69) is 51.6 Å². The third kappa shape index (κ3) is 6.33. The van der Waals surface area contributed by atoms with Gasteiger partial charge in [-0.3, -0.25) is 0 Å². The predicted molar refractivity (Wildman–Crippen MR) is 114 cm³/mol. The Morgan fingerprint density at radius 2 is 1.58 bits per heavy atom. The molecule has 26 heavy (non-hydrogen) atoms. The summed E-state index contributed by atoms with van der Waals surface area (Å²) < 4.78 is 7.06. The van der Waals surface area contributed by atoms with E-state index in [-0.39, 0.29) is 12.4 Å². The Bertz CT molecular complexity index is 810. The van der Waals surface area contributed by atoms with Crippen molar-refractivity contribution in [3.05, 3.63) is 99.0 Å². The second-order valence-electron chi connectivity index (χ2n) is 5.76. The lowest BCUT2D eigenvalue weighted by atomic mass is 10.2. The van der Waals surface area contributed by atoms with Crippen LogP contribution >= 0.6 is 39.9 Å². The molecule has 0 heterocycles. The number of halogens is 3. The minimum atomic E-state index is 0. The average molecular weight is 453 g/mol. The lowest BCUT2D eigenvalue weighted by Crippen LogP contribution is -2.13. The van der Waals surface area contributed by atoms with Crippen molar-refractivity contribution in [1.82, 2.24) is 5.32 Å². The summed E-state index contributed by atoms with van der Waals surface area (Å²) in [5.41, 5.74) is 3.48. The molecule has 0 aliphatic heterocycles. The van der Waals surface area contributed by atoms with E-state index >= 15 is 0 Å². The molecule has 1 N–H and O–H groups in total. The molecule has 0 radical (unpaired) electrons. The van der Waals surface area contributed by atoms with Crippen LogP contribution in [-0.4, -0.2) is 0 Å². The monoisotopic (exact) mass is 451 g/mol. The van der Waals surface area contributed by atoms with Crippen molar-refractivity contribution in [1.29, 1.82) is 0 Å². The van der Waals surface area contributed by atoms with Crippen LogP contribution < -0.4 is 10.1 Å². The van der Waals surface area contributed by atoms with Crippen LogP contribution in [0.4, 0.5) is 0 Å². The topological polar surface area (TPSA) is 21.3 Å². The van der Waals surface area contributed by atoms with Gasteiger partial charge in [-0.2, -0.15) is 0 Å². The van der Waals surface area contributed by atoms with E-state index in [1.807, 2.05) is 42.5 Å². The number of hydrogen-bond donors (Lipinski definition) is 1. The fraction of sp³-hybridized carbons (Fsp3) is 0.143. The van der Waals surface area contributed by atoms with Gasteiger partial charge in [0.15, 0.2) is 0 Å². The molecule has 0 amide bonds. The van der Waals surface area contributed by atoms with Gasteiger partial charge in [-0.1, -0.05) is 70.0 Å². The van der Waals surface area contributed by atoms with Crippen molar-refractivity contribution < 1.29 is 4.74 Å². The quantitative estimate of drug-likeness (QED) is 0.448. The van der Waals surface area contributed by atoms with Crippen molar-refractivity contribution in [2.75, 3.05) is 0 Å². The van der Waals surface area contributed by atoms with Gasteiger partial charge in [0.05, 0.1) is 0 Å². The molecule has 136 valence electrons. The van der Waals surface area contributed by atoms with E-state index in [1.165, 1.54) is 5.56 Å². The lowest BCUT2D eigenvalue weighted by molar-refractivity contribution is 0.302. The van der Waals surface area contributed by atoms with Crippen LogP contribution in [0.15, 0.2) is 77.3 Å². The fourth-order valence-corrected chi connectivity index (χ4v) is 3.04. The summed E-state index contributed by atoms with van der Waals surface area (Å²) in [6, 6.07) is 24.2. The van der Waals surface area contributed by atoms with Crippen LogP contribution in [0.5, 0.6) is 5.75 Å². The average Bonchev–Trinajstić information content (AvgIpc) is 2.63. The van der Waals surface area contributed by atoms with Crippen molar-refractivity contribution >= 4 is 39.9 Å². The van der Waals surface area contributed by atoms with Crippen molar-refractivity contribution in [2.24, 2.45) is 0 Å². The standard InChI is InChI=1S/C21H19BrClNO.ClH/c22-19-8-11-21(25-15-17-6-9-20(23)10-7-17)18(12-19)14-24-13-16-4-2-1-3-5-16;/h1-12,24H,13-15H2;1H. The van der Waals surface area contributed by atoms with E-state index in [0.717, 1.165) is 39.5 Å². The summed E-state index contributed by atoms with van der Waals surface area (Å²) in [7, 11) is 0. The summed E-state index contributed by atoms with van der Waals surface area (Å²) in [6.07, 6.45) is 0. The Morgan fingerprint density at radius 1 is 0.846 bits per heavy atom. The Kier molecular flexibility index (Phi) is 8.46. The summed E-state index contributed by atoms with van der Waals surface area (Å²) in [5, 5.41) is 4.21. The SMILES string of the molecule is Cl.Clc1ccc(COc2ccc(Br)cc2CNCc2ccccc2)cc1. The highest BCUT2D eigenvalue weighted by Gasteiger charge is 2.06. The zero-order chi connectivity index (χ0) is 17.5. The third-order valence-electron chi connectivity index (χ3n) is 3.82.